The van der Waals surface area contributed by atoms with Crippen LogP contribution >= 0.6 is 0 Å². The van der Waals surface area contributed by atoms with Gasteiger partial charge in [-0.25, -0.2) is 4.98 Å². The van der Waals surface area contributed by atoms with Crippen LogP contribution < -0.4 is 4.74 Å². The highest BCUT2D eigenvalue weighted by Crippen LogP contribution is 2.32. The van der Waals surface area contributed by atoms with E-state index in [0.29, 0.717) is 12.3 Å². The van der Waals surface area contributed by atoms with Crippen molar-refractivity contribution in [3.8, 4) is 17.0 Å². The number of hydrogen-bond acceptors (Lipinski definition) is 5. The highest BCUT2D eigenvalue weighted by atomic mass is 16.5. The Bertz CT molecular complexity index is 1240. The summed E-state index contributed by atoms with van der Waals surface area (Å²) in [7, 11) is 2.09. The minimum atomic E-state index is 0.171. The third-order valence-electron chi connectivity index (χ3n) is 6.54. The number of rotatable bonds is 10. The van der Waals surface area contributed by atoms with E-state index in [9.17, 15) is 4.79 Å². The first-order valence-corrected chi connectivity index (χ1v) is 11.7. The number of fused-ring (bicyclic) bond motifs is 3. The molecule has 3 aromatic heterocycles. The van der Waals surface area contributed by atoms with Crippen molar-refractivity contribution in [2.24, 2.45) is 7.05 Å². The minimum Gasteiger partial charge on any atom is -0.474 e. The summed E-state index contributed by atoms with van der Waals surface area (Å²) in [6.07, 6.45) is 12.6. The van der Waals surface area contributed by atoms with Gasteiger partial charge in [-0.15, -0.1) is 0 Å². The van der Waals surface area contributed by atoms with Gasteiger partial charge >= 0.3 is 0 Å². The molecule has 5 rings (SSSR count). The molecule has 4 aromatic rings. The Morgan fingerprint density at radius 1 is 0.970 bits per heavy atom. The SMILES string of the molecule is Cn1c2ccncc2c2ccc(-c3ccc(OC4CC(OCCCCCC=O)C4)nc3)cc21. The number of aromatic nitrogens is 3. The number of hydrogen-bond donors (Lipinski definition) is 0. The van der Waals surface area contributed by atoms with Crippen molar-refractivity contribution in [3.05, 3.63) is 55.0 Å². The molecule has 1 aliphatic rings. The van der Waals surface area contributed by atoms with Gasteiger partial charge in [-0.1, -0.05) is 18.6 Å². The molecule has 33 heavy (non-hydrogen) atoms. The lowest BCUT2D eigenvalue weighted by Crippen LogP contribution is -2.39. The number of benzene rings is 1. The molecular weight excluding hydrogens is 414 g/mol. The largest absolute Gasteiger partial charge is 0.474 e. The van der Waals surface area contributed by atoms with Crippen molar-refractivity contribution in [2.75, 3.05) is 6.61 Å². The van der Waals surface area contributed by atoms with E-state index in [-0.39, 0.29) is 12.2 Å². The topological polar surface area (TPSA) is 66.2 Å². The van der Waals surface area contributed by atoms with E-state index in [1.165, 1.54) is 21.8 Å². The van der Waals surface area contributed by atoms with Gasteiger partial charge < -0.3 is 18.8 Å². The van der Waals surface area contributed by atoms with E-state index in [0.717, 1.165) is 56.1 Å². The van der Waals surface area contributed by atoms with Crippen molar-refractivity contribution < 1.29 is 14.3 Å². The van der Waals surface area contributed by atoms with Crippen LogP contribution in [0, 0.1) is 0 Å². The van der Waals surface area contributed by atoms with Crippen LogP contribution in [0.1, 0.15) is 38.5 Å². The molecule has 0 spiro atoms. The molecular formula is C27H29N3O3. The van der Waals surface area contributed by atoms with Crippen LogP contribution in [0.3, 0.4) is 0 Å². The van der Waals surface area contributed by atoms with Gasteiger partial charge in [0.25, 0.3) is 0 Å². The number of ether oxygens (including phenoxy) is 2. The predicted octanol–water partition coefficient (Wildman–Crippen LogP) is 5.47. The number of nitrogens with zero attached hydrogens (tertiary/aromatic N) is 3. The lowest BCUT2D eigenvalue weighted by molar-refractivity contribution is -0.108. The second-order valence-corrected chi connectivity index (χ2v) is 8.79. The fourth-order valence-electron chi connectivity index (χ4n) is 4.53. The third kappa shape index (κ3) is 4.62. The molecule has 3 heterocycles. The molecule has 0 bridgehead atoms. The molecule has 0 amide bonds. The monoisotopic (exact) mass is 443 g/mol. The summed E-state index contributed by atoms with van der Waals surface area (Å²) in [5.74, 6) is 0.660. The van der Waals surface area contributed by atoms with Crippen LogP contribution in [0.15, 0.2) is 55.0 Å². The van der Waals surface area contributed by atoms with E-state index in [1.54, 1.807) is 0 Å². The van der Waals surface area contributed by atoms with E-state index >= 15 is 0 Å². The van der Waals surface area contributed by atoms with Gasteiger partial charge in [0, 0.05) is 79.4 Å². The Morgan fingerprint density at radius 3 is 2.67 bits per heavy atom. The molecule has 1 aromatic carbocycles. The first-order valence-electron chi connectivity index (χ1n) is 11.7. The molecule has 0 radical (unpaired) electrons. The third-order valence-corrected chi connectivity index (χ3v) is 6.54. The molecule has 1 fully saturated rings. The number of unbranched alkanes of at least 4 members (excludes halogenated alkanes) is 3. The van der Waals surface area contributed by atoms with Gasteiger partial charge in [0.2, 0.25) is 5.88 Å². The smallest absolute Gasteiger partial charge is 0.213 e. The molecule has 0 N–H and O–H groups in total. The van der Waals surface area contributed by atoms with Crippen molar-refractivity contribution in [2.45, 2.75) is 50.7 Å². The number of carbonyl (C=O) groups is 1. The van der Waals surface area contributed by atoms with Crippen LogP contribution in [0.4, 0.5) is 0 Å². The van der Waals surface area contributed by atoms with Gasteiger partial charge in [-0.2, -0.15) is 0 Å². The molecule has 1 aliphatic carbocycles. The summed E-state index contributed by atoms with van der Waals surface area (Å²) < 4.78 is 14.1. The summed E-state index contributed by atoms with van der Waals surface area (Å²) in [4.78, 5) is 19.1. The lowest BCUT2D eigenvalue weighted by Gasteiger charge is -2.34. The quantitative estimate of drug-likeness (QED) is 0.240. The first-order chi connectivity index (χ1) is 16.2. The fourth-order valence-corrected chi connectivity index (χ4v) is 4.53. The average molecular weight is 444 g/mol. The highest BCUT2D eigenvalue weighted by molar-refractivity contribution is 6.08. The van der Waals surface area contributed by atoms with Crippen molar-refractivity contribution in [1.82, 2.24) is 14.5 Å². The average Bonchev–Trinajstić information content (AvgIpc) is 3.11. The van der Waals surface area contributed by atoms with E-state index in [1.807, 2.05) is 24.7 Å². The van der Waals surface area contributed by atoms with Crippen molar-refractivity contribution in [3.63, 3.8) is 0 Å². The molecule has 170 valence electrons. The second kappa shape index (κ2) is 9.71. The Morgan fingerprint density at radius 2 is 1.85 bits per heavy atom. The number of carbonyl (C=O) groups excluding carboxylic acids is 1. The van der Waals surface area contributed by atoms with E-state index in [4.69, 9.17) is 9.47 Å². The van der Waals surface area contributed by atoms with Crippen LogP contribution in [0.2, 0.25) is 0 Å². The number of aldehydes is 1. The van der Waals surface area contributed by atoms with Crippen LogP contribution in [-0.2, 0) is 16.6 Å². The molecule has 0 atom stereocenters. The maximum Gasteiger partial charge on any atom is 0.213 e. The zero-order valence-electron chi connectivity index (χ0n) is 18.9. The normalized spacial score (nSPS) is 17.8. The first kappa shape index (κ1) is 21.6. The van der Waals surface area contributed by atoms with Gasteiger partial charge in [0.1, 0.15) is 12.4 Å². The van der Waals surface area contributed by atoms with Crippen LogP contribution in [-0.4, -0.2) is 39.6 Å². The maximum absolute atomic E-state index is 10.3. The van der Waals surface area contributed by atoms with Crippen LogP contribution in [0.5, 0.6) is 5.88 Å². The predicted molar refractivity (Wildman–Crippen MR) is 129 cm³/mol. The molecule has 1 saturated carbocycles. The van der Waals surface area contributed by atoms with Gasteiger partial charge in [0.05, 0.1) is 11.6 Å². The maximum atomic E-state index is 10.3. The van der Waals surface area contributed by atoms with Crippen LogP contribution in [0.25, 0.3) is 32.9 Å². The molecule has 6 nitrogen and oxygen atoms in total. The standard InChI is InChI=1S/C27H29N3O3/c1-30-25-10-11-28-18-24(25)23-8-6-19(14-26(23)30)20-7-9-27(29-17-20)33-22-15-21(16-22)32-13-5-3-2-4-12-31/h6-12,14,17-18,21-22H,2-5,13,15-16H2,1H3. The lowest BCUT2D eigenvalue weighted by atomic mass is 9.92. The fraction of sp³-hybridized carbons (Fsp3) is 0.370. The Labute approximate surface area is 193 Å². The Hall–Kier alpha value is -3.25. The molecule has 6 heteroatoms. The Balaban J connectivity index is 1.16. The minimum absolute atomic E-state index is 0.171. The van der Waals surface area contributed by atoms with E-state index < -0.39 is 0 Å². The molecule has 0 unspecified atom stereocenters. The summed E-state index contributed by atoms with van der Waals surface area (Å²) in [5.41, 5.74) is 4.56. The number of aryl methyl sites for hydroxylation is 1. The van der Waals surface area contributed by atoms with Crippen molar-refractivity contribution >= 4 is 28.1 Å². The highest BCUT2D eigenvalue weighted by Gasteiger charge is 2.31. The summed E-state index contributed by atoms with van der Waals surface area (Å²) in [5, 5.41) is 2.38. The van der Waals surface area contributed by atoms with Gasteiger partial charge in [-0.05, 0) is 36.6 Å². The molecule has 0 aliphatic heterocycles. The Kier molecular flexibility index (Phi) is 6.35. The van der Waals surface area contributed by atoms with Gasteiger partial charge in [-0.3, -0.25) is 4.98 Å². The van der Waals surface area contributed by atoms with E-state index in [2.05, 4.69) is 51.9 Å². The second-order valence-electron chi connectivity index (χ2n) is 8.79. The summed E-state index contributed by atoms with van der Waals surface area (Å²) in [6, 6.07) is 12.6. The zero-order chi connectivity index (χ0) is 22.6. The summed E-state index contributed by atoms with van der Waals surface area (Å²) >= 11 is 0. The van der Waals surface area contributed by atoms with Gasteiger partial charge in [0.15, 0.2) is 0 Å². The molecule has 0 saturated heterocycles. The summed E-state index contributed by atoms with van der Waals surface area (Å²) in [6.45, 7) is 0.765. The zero-order valence-corrected chi connectivity index (χ0v) is 18.9. The van der Waals surface area contributed by atoms with Crippen molar-refractivity contribution in [1.29, 1.82) is 0 Å². The number of pyridine rings is 2.